The summed E-state index contributed by atoms with van der Waals surface area (Å²) in [6, 6.07) is 23.9. The Kier molecular flexibility index (Phi) is 6.53. The molecule has 0 N–H and O–H groups in total. The lowest BCUT2D eigenvalue weighted by Crippen LogP contribution is -2.32. The molecule has 2 aromatic carbocycles. The van der Waals surface area contributed by atoms with Crippen LogP contribution in [0.4, 0.5) is 0 Å². The van der Waals surface area contributed by atoms with E-state index in [0.717, 1.165) is 31.8 Å². The molecule has 1 saturated carbocycles. The van der Waals surface area contributed by atoms with Gasteiger partial charge in [0.1, 0.15) is 0 Å². The molecule has 6 heteroatoms. The van der Waals surface area contributed by atoms with Crippen molar-refractivity contribution < 1.29 is 0 Å². The molecule has 0 radical (unpaired) electrons. The average molecular weight is 439 g/mol. The summed E-state index contributed by atoms with van der Waals surface area (Å²) in [5.74, 6) is 0.922. The lowest BCUT2D eigenvalue weighted by atomic mass is 10.0. The smallest absolute Gasteiger partial charge is 0.173 e. The molecule has 33 heavy (non-hydrogen) atoms. The van der Waals surface area contributed by atoms with Crippen molar-refractivity contribution in [1.29, 1.82) is 0 Å². The third-order valence-electron chi connectivity index (χ3n) is 6.53. The molecule has 4 aromatic rings. The van der Waals surface area contributed by atoms with E-state index in [4.69, 9.17) is 0 Å². The monoisotopic (exact) mass is 438 g/mol. The molecular formula is C27H30N6. The van der Waals surface area contributed by atoms with Crippen molar-refractivity contribution in [3.8, 4) is 0 Å². The highest BCUT2D eigenvalue weighted by Crippen LogP contribution is 2.35. The maximum Gasteiger partial charge on any atom is 0.173 e. The fourth-order valence-electron chi connectivity index (χ4n) is 4.84. The fraction of sp³-hybridized carbons (Fsp3) is 0.333. The van der Waals surface area contributed by atoms with Gasteiger partial charge in [-0.2, -0.15) is 0 Å². The van der Waals surface area contributed by atoms with Crippen LogP contribution in [-0.2, 0) is 13.1 Å². The fourth-order valence-corrected chi connectivity index (χ4v) is 4.84. The van der Waals surface area contributed by atoms with Crippen molar-refractivity contribution in [2.75, 3.05) is 0 Å². The quantitative estimate of drug-likeness (QED) is 0.374. The van der Waals surface area contributed by atoms with Crippen LogP contribution in [0.25, 0.3) is 0 Å². The van der Waals surface area contributed by atoms with Gasteiger partial charge in [0.15, 0.2) is 5.82 Å². The zero-order valence-electron chi connectivity index (χ0n) is 19.1. The molecule has 5 rings (SSSR count). The number of hydrogen-bond acceptors (Lipinski definition) is 5. The SMILES string of the molecule is Cc1ccc(C(c2nnnn2C2CCCC2)N(Cc2ccccc2)Cc2cccnc2)cc1. The number of hydrogen-bond donors (Lipinski definition) is 0. The second-order valence-corrected chi connectivity index (χ2v) is 8.99. The zero-order chi connectivity index (χ0) is 22.5. The summed E-state index contributed by atoms with van der Waals surface area (Å²) >= 11 is 0. The van der Waals surface area contributed by atoms with Gasteiger partial charge < -0.3 is 0 Å². The minimum atomic E-state index is -0.0680. The lowest BCUT2D eigenvalue weighted by molar-refractivity contribution is 0.191. The summed E-state index contributed by atoms with van der Waals surface area (Å²) in [5, 5.41) is 13.2. The maximum absolute atomic E-state index is 4.61. The topological polar surface area (TPSA) is 59.7 Å². The van der Waals surface area contributed by atoms with E-state index >= 15 is 0 Å². The molecule has 2 heterocycles. The normalized spacial score (nSPS) is 15.2. The van der Waals surface area contributed by atoms with E-state index in [0.29, 0.717) is 6.04 Å². The van der Waals surface area contributed by atoms with Gasteiger partial charge in [0.2, 0.25) is 0 Å². The maximum atomic E-state index is 4.61. The van der Waals surface area contributed by atoms with Gasteiger partial charge in [-0.3, -0.25) is 9.88 Å². The number of tetrazole rings is 1. The summed E-state index contributed by atoms with van der Waals surface area (Å²) < 4.78 is 2.10. The van der Waals surface area contributed by atoms with E-state index in [1.54, 1.807) is 0 Å². The Labute approximate surface area is 195 Å². The van der Waals surface area contributed by atoms with Crippen LogP contribution in [-0.4, -0.2) is 30.1 Å². The van der Waals surface area contributed by atoms with Gasteiger partial charge in [0, 0.05) is 25.5 Å². The van der Waals surface area contributed by atoms with E-state index in [1.807, 2.05) is 18.5 Å². The molecule has 6 nitrogen and oxygen atoms in total. The first-order chi connectivity index (χ1) is 16.3. The first-order valence-electron chi connectivity index (χ1n) is 11.8. The Bertz CT molecular complexity index is 1090. The molecule has 0 spiro atoms. The van der Waals surface area contributed by atoms with E-state index in [9.17, 15) is 0 Å². The zero-order valence-corrected chi connectivity index (χ0v) is 19.1. The minimum Gasteiger partial charge on any atom is -0.281 e. The van der Waals surface area contributed by atoms with E-state index in [-0.39, 0.29) is 6.04 Å². The predicted octanol–water partition coefficient (Wildman–Crippen LogP) is 5.28. The third kappa shape index (κ3) is 5.01. The summed E-state index contributed by atoms with van der Waals surface area (Å²) in [6.07, 6.45) is 8.53. The van der Waals surface area contributed by atoms with E-state index in [1.165, 1.54) is 35.1 Å². The van der Waals surface area contributed by atoms with Gasteiger partial charge in [-0.1, -0.05) is 79.1 Å². The van der Waals surface area contributed by atoms with Crippen LogP contribution >= 0.6 is 0 Å². The summed E-state index contributed by atoms with van der Waals surface area (Å²) in [5.41, 5.74) is 4.88. The number of benzene rings is 2. The molecule has 2 aromatic heterocycles. The van der Waals surface area contributed by atoms with Crippen LogP contribution in [0.1, 0.15) is 65.8 Å². The lowest BCUT2D eigenvalue weighted by Gasteiger charge is -2.32. The standard InChI is InChI=1S/C27H30N6/c1-21-13-15-24(16-14-21)26(27-29-30-31-33(27)25-11-5-6-12-25)32(19-22-8-3-2-4-9-22)20-23-10-7-17-28-18-23/h2-4,7-10,13-18,25-26H,5-6,11-12,19-20H2,1H3. The predicted molar refractivity (Wildman–Crippen MR) is 128 cm³/mol. The summed E-state index contributed by atoms with van der Waals surface area (Å²) in [7, 11) is 0. The molecule has 1 aliphatic carbocycles. The molecule has 0 bridgehead atoms. The number of aryl methyl sites for hydroxylation is 1. The van der Waals surface area contributed by atoms with Gasteiger partial charge in [0.05, 0.1) is 12.1 Å². The molecule has 168 valence electrons. The Morgan fingerprint density at radius 2 is 1.64 bits per heavy atom. The van der Waals surface area contributed by atoms with Gasteiger partial charge >= 0.3 is 0 Å². The highest BCUT2D eigenvalue weighted by atomic mass is 15.6. The van der Waals surface area contributed by atoms with Crippen LogP contribution in [0.5, 0.6) is 0 Å². The van der Waals surface area contributed by atoms with Crippen molar-refractivity contribution in [2.45, 2.75) is 57.8 Å². The number of pyridine rings is 1. The molecule has 0 aliphatic heterocycles. The average Bonchev–Trinajstić information content (AvgIpc) is 3.54. The van der Waals surface area contributed by atoms with Crippen LogP contribution in [0.15, 0.2) is 79.1 Å². The van der Waals surface area contributed by atoms with E-state index < -0.39 is 0 Å². The number of nitrogens with zero attached hydrogens (tertiary/aromatic N) is 6. The second-order valence-electron chi connectivity index (χ2n) is 8.99. The largest absolute Gasteiger partial charge is 0.281 e. The van der Waals surface area contributed by atoms with Crippen molar-refractivity contribution in [1.82, 2.24) is 30.1 Å². The summed E-state index contributed by atoms with van der Waals surface area (Å²) in [4.78, 5) is 6.83. The first kappa shape index (κ1) is 21.5. The molecule has 0 saturated heterocycles. The number of rotatable bonds is 8. The van der Waals surface area contributed by atoms with Crippen LogP contribution < -0.4 is 0 Å². The van der Waals surface area contributed by atoms with Gasteiger partial charge in [0.25, 0.3) is 0 Å². The van der Waals surface area contributed by atoms with Gasteiger partial charge in [-0.05, 0) is 52.9 Å². The highest BCUT2D eigenvalue weighted by Gasteiger charge is 2.31. The summed E-state index contributed by atoms with van der Waals surface area (Å²) in [6.45, 7) is 3.66. The van der Waals surface area contributed by atoms with Crippen molar-refractivity contribution in [2.24, 2.45) is 0 Å². The van der Waals surface area contributed by atoms with Crippen molar-refractivity contribution in [3.05, 3.63) is 107 Å². The van der Waals surface area contributed by atoms with Gasteiger partial charge in [-0.15, -0.1) is 5.10 Å². The second kappa shape index (κ2) is 10.0. The molecule has 1 aliphatic rings. The molecule has 1 fully saturated rings. The molecule has 0 amide bonds. The van der Waals surface area contributed by atoms with Crippen molar-refractivity contribution in [3.63, 3.8) is 0 Å². The van der Waals surface area contributed by atoms with Crippen LogP contribution in [0.3, 0.4) is 0 Å². The Balaban J connectivity index is 1.59. The van der Waals surface area contributed by atoms with Crippen molar-refractivity contribution >= 4 is 0 Å². The molecule has 1 atom stereocenters. The molecule has 1 unspecified atom stereocenters. The van der Waals surface area contributed by atoms with Gasteiger partial charge in [-0.25, -0.2) is 4.68 Å². The Morgan fingerprint density at radius 1 is 0.909 bits per heavy atom. The first-order valence-corrected chi connectivity index (χ1v) is 11.8. The molecular weight excluding hydrogens is 408 g/mol. The Hall–Kier alpha value is -3.38. The van der Waals surface area contributed by atoms with Crippen LogP contribution in [0, 0.1) is 6.92 Å². The highest BCUT2D eigenvalue weighted by molar-refractivity contribution is 5.29. The van der Waals surface area contributed by atoms with Crippen LogP contribution in [0.2, 0.25) is 0 Å². The third-order valence-corrected chi connectivity index (χ3v) is 6.53. The number of aromatic nitrogens is 5. The van der Waals surface area contributed by atoms with E-state index in [2.05, 4.69) is 97.7 Å². The minimum absolute atomic E-state index is 0.0680. The Morgan fingerprint density at radius 3 is 2.36 bits per heavy atom.